The van der Waals surface area contributed by atoms with E-state index >= 15 is 0 Å². The molecule has 0 aliphatic carbocycles. The Morgan fingerprint density at radius 1 is 1.14 bits per heavy atom. The van der Waals surface area contributed by atoms with E-state index in [1.165, 1.54) is 32.1 Å². The highest BCUT2D eigenvalue weighted by Gasteiger charge is 2.31. The Labute approximate surface area is 173 Å². The Balaban J connectivity index is 1.48. The van der Waals surface area contributed by atoms with Gasteiger partial charge in [-0.15, -0.1) is 0 Å². The highest BCUT2D eigenvalue weighted by molar-refractivity contribution is 5.93. The van der Waals surface area contributed by atoms with Crippen LogP contribution in [0, 0.1) is 6.92 Å². The van der Waals surface area contributed by atoms with Gasteiger partial charge in [0.05, 0.1) is 11.8 Å². The van der Waals surface area contributed by atoms with Gasteiger partial charge in [-0.1, -0.05) is 18.0 Å². The second-order valence-electron chi connectivity index (χ2n) is 8.40. The van der Waals surface area contributed by atoms with Gasteiger partial charge in [-0.05, 0) is 59.0 Å². The molecule has 7 heteroatoms. The number of hydrogen-bond acceptors (Lipinski definition) is 5. The number of amides is 1. The number of nitrogens with zero attached hydrogens (tertiary/aromatic N) is 5. The van der Waals surface area contributed by atoms with Gasteiger partial charge in [-0.3, -0.25) is 9.48 Å². The summed E-state index contributed by atoms with van der Waals surface area (Å²) in [5.74, 6) is 0.617. The predicted octanol–water partition coefficient (Wildman–Crippen LogP) is 3.74. The molecule has 2 aromatic heterocycles. The second-order valence-corrected chi connectivity index (χ2v) is 8.40. The lowest BCUT2D eigenvalue weighted by molar-refractivity contribution is 0.0537. The highest BCUT2D eigenvalue weighted by Crippen LogP contribution is 2.26. The Bertz CT molecular complexity index is 819. The fraction of sp³-hybridized carbons (Fsp3) is 0.682. The average molecular weight is 400 g/mol. The van der Waals surface area contributed by atoms with Crippen LogP contribution >= 0.6 is 0 Å². The lowest BCUT2D eigenvalue weighted by Gasteiger charge is -2.38. The molecule has 0 bridgehead atoms. The van der Waals surface area contributed by atoms with E-state index in [2.05, 4.69) is 22.1 Å². The minimum Gasteiger partial charge on any atom is -0.355 e. The SMILES string of the molecule is CCn1ncc(-c2cc(C(=O)N3CCCCC3CN3CCCCCC3)no2)c1C. The van der Waals surface area contributed by atoms with Crippen LogP contribution in [-0.4, -0.2) is 62.9 Å². The smallest absolute Gasteiger partial charge is 0.276 e. The van der Waals surface area contributed by atoms with Gasteiger partial charge in [-0.25, -0.2) is 0 Å². The van der Waals surface area contributed by atoms with Gasteiger partial charge >= 0.3 is 0 Å². The fourth-order valence-electron chi connectivity index (χ4n) is 4.73. The lowest BCUT2D eigenvalue weighted by Crippen LogP contribution is -2.49. The molecule has 2 fully saturated rings. The summed E-state index contributed by atoms with van der Waals surface area (Å²) in [5, 5.41) is 8.49. The molecule has 0 spiro atoms. The van der Waals surface area contributed by atoms with Gasteiger partial charge in [0.15, 0.2) is 11.5 Å². The first-order valence-electron chi connectivity index (χ1n) is 11.2. The van der Waals surface area contributed by atoms with E-state index in [0.29, 0.717) is 11.5 Å². The Hall–Kier alpha value is -2.15. The van der Waals surface area contributed by atoms with Crippen LogP contribution in [0.2, 0.25) is 0 Å². The monoisotopic (exact) mass is 399 g/mol. The van der Waals surface area contributed by atoms with E-state index in [0.717, 1.165) is 56.8 Å². The maximum Gasteiger partial charge on any atom is 0.276 e. The molecule has 0 saturated carbocycles. The van der Waals surface area contributed by atoms with Crippen molar-refractivity contribution in [2.45, 2.75) is 71.4 Å². The highest BCUT2D eigenvalue weighted by atomic mass is 16.5. The molecule has 0 N–H and O–H groups in total. The zero-order valence-electron chi connectivity index (χ0n) is 17.8. The third-order valence-corrected chi connectivity index (χ3v) is 6.45. The average Bonchev–Trinajstić information content (AvgIpc) is 3.28. The Morgan fingerprint density at radius 3 is 2.62 bits per heavy atom. The molecule has 158 valence electrons. The van der Waals surface area contributed by atoms with Gasteiger partial charge < -0.3 is 14.3 Å². The molecule has 0 aromatic carbocycles. The van der Waals surface area contributed by atoms with Crippen molar-refractivity contribution >= 4 is 5.91 Å². The summed E-state index contributed by atoms with van der Waals surface area (Å²) in [6.45, 7) is 8.99. The van der Waals surface area contributed by atoms with Crippen LogP contribution in [0.25, 0.3) is 11.3 Å². The van der Waals surface area contributed by atoms with Crippen molar-refractivity contribution < 1.29 is 9.32 Å². The molecule has 4 heterocycles. The largest absolute Gasteiger partial charge is 0.355 e. The van der Waals surface area contributed by atoms with Crippen molar-refractivity contribution in [2.75, 3.05) is 26.2 Å². The molecule has 1 atom stereocenters. The molecule has 2 aliphatic rings. The van der Waals surface area contributed by atoms with Crippen LogP contribution in [0.4, 0.5) is 0 Å². The van der Waals surface area contributed by atoms with Crippen molar-refractivity contribution in [1.29, 1.82) is 0 Å². The normalized spacial score (nSPS) is 21.3. The summed E-state index contributed by atoms with van der Waals surface area (Å²) in [6, 6.07) is 2.06. The van der Waals surface area contributed by atoms with Crippen molar-refractivity contribution in [1.82, 2.24) is 24.7 Å². The first-order valence-corrected chi connectivity index (χ1v) is 11.2. The molecular weight excluding hydrogens is 366 g/mol. The summed E-state index contributed by atoms with van der Waals surface area (Å²) in [4.78, 5) is 17.9. The van der Waals surface area contributed by atoms with E-state index in [1.54, 1.807) is 12.3 Å². The summed E-state index contributed by atoms with van der Waals surface area (Å²) in [6.07, 6.45) is 10.3. The lowest BCUT2D eigenvalue weighted by atomic mass is 10.0. The molecule has 1 unspecified atom stereocenters. The number of carbonyl (C=O) groups excluding carboxylic acids is 1. The van der Waals surface area contributed by atoms with E-state index in [-0.39, 0.29) is 11.9 Å². The van der Waals surface area contributed by atoms with Crippen LogP contribution in [0.3, 0.4) is 0 Å². The fourth-order valence-corrected chi connectivity index (χ4v) is 4.73. The van der Waals surface area contributed by atoms with E-state index in [4.69, 9.17) is 4.52 Å². The molecule has 0 radical (unpaired) electrons. The molecule has 2 saturated heterocycles. The Kier molecular flexibility index (Phi) is 6.33. The number of rotatable bonds is 5. The number of carbonyl (C=O) groups is 1. The molecule has 29 heavy (non-hydrogen) atoms. The summed E-state index contributed by atoms with van der Waals surface area (Å²) < 4.78 is 7.46. The zero-order chi connectivity index (χ0) is 20.2. The van der Waals surface area contributed by atoms with E-state index in [9.17, 15) is 4.79 Å². The van der Waals surface area contributed by atoms with Crippen LogP contribution in [0.15, 0.2) is 16.8 Å². The molecule has 7 nitrogen and oxygen atoms in total. The summed E-state index contributed by atoms with van der Waals surface area (Å²) >= 11 is 0. The maximum absolute atomic E-state index is 13.3. The molecule has 2 aromatic rings. The van der Waals surface area contributed by atoms with Crippen molar-refractivity contribution in [3.05, 3.63) is 23.7 Å². The minimum atomic E-state index is 0.0000540. The molecular formula is C22H33N5O2. The van der Waals surface area contributed by atoms with E-state index < -0.39 is 0 Å². The van der Waals surface area contributed by atoms with Gasteiger partial charge in [0, 0.05) is 37.4 Å². The van der Waals surface area contributed by atoms with Gasteiger partial charge in [0.2, 0.25) is 0 Å². The number of hydrogen-bond donors (Lipinski definition) is 0. The second kappa shape index (κ2) is 9.11. The van der Waals surface area contributed by atoms with Crippen LogP contribution in [0.1, 0.15) is 68.1 Å². The number of aromatic nitrogens is 3. The third kappa shape index (κ3) is 4.39. The van der Waals surface area contributed by atoms with Crippen LogP contribution < -0.4 is 0 Å². The quantitative estimate of drug-likeness (QED) is 0.766. The van der Waals surface area contributed by atoms with Gasteiger partial charge in [-0.2, -0.15) is 5.10 Å². The first kappa shape index (κ1) is 20.1. The van der Waals surface area contributed by atoms with Crippen molar-refractivity contribution in [3.8, 4) is 11.3 Å². The maximum atomic E-state index is 13.3. The minimum absolute atomic E-state index is 0.0000540. The van der Waals surface area contributed by atoms with Crippen molar-refractivity contribution in [3.63, 3.8) is 0 Å². The van der Waals surface area contributed by atoms with E-state index in [1.807, 2.05) is 16.5 Å². The molecule has 4 rings (SSSR count). The summed E-state index contributed by atoms with van der Waals surface area (Å²) in [7, 11) is 0. The van der Waals surface area contributed by atoms with Crippen LogP contribution in [-0.2, 0) is 6.54 Å². The van der Waals surface area contributed by atoms with Gasteiger partial charge in [0.25, 0.3) is 5.91 Å². The number of piperidine rings is 1. The third-order valence-electron chi connectivity index (χ3n) is 6.45. The standard InChI is InChI=1S/C22H33N5O2/c1-3-27-17(2)19(15-23-27)21-14-20(24-29-21)22(28)26-13-9-6-10-18(26)16-25-11-7-4-5-8-12-25/h14-15,18H,3-13,16H2,1-2H3. The summed E-state index contributed by atoms with van der Waals surface area (Å²) in [5.41, 5.74) is 2.34. The molecule has 1 amide bonds. The first-order chi connectivity index (χ1) is 14.2. The topological polar surface area (TPSA) is 67.4 Å². The predicted molar refractivity (Wildman–Crippen MR) is 112 cm³/mol. The number of likely N-dealkylation sites (tertiary alicyclic amines) is 2. The van der Waals surface area contributed by atoms with Crippen molar-refractivity contribution in [2.24, 2.45) is 0 Å². The van der Waals surface area contributed by atoms with Crippen LogP contribution in [0.5, 0.6) is 0 Å². The van der Waals surface area contributed by atoms with Gasteiger partial charge in [0.1, 0.15) is 0 Å². The number of aryl methyl sites for hydroxylation is 1. The molecule has 2 aliphatic heterocycles. The Morgan fingerprint density at radius 2 is 1.90 bits per heavy atom. The zero-order valence-corrected chi connectivity index (χ0v) is 17.8.